The molecule has 0 rings (SSSR count). The molecule has 0 aromatic rings. The van der Waals surface area contributed by atoms with Gasteiger partial charge in [0, 0.05) is 17.7 Å². The first-order valence-corrected chi connectivity index (χ1v) is 11.4. The largest absolute Gasteiger partial charge is 0.0848 e. The predicted octanol–water partition coefficient (Wildman–Crippen LogP) is 5.07. The van der Waals surface area contributed by atoms with Crippen LogP contribution >= 0.6 is 136 Å². The van der Waals surface area contributed by atoms with E-state index in [1.807, 2.05) is 0 Å². The third kappa shape index (κ3) is 4.00. The first-order chi connectivity index (χ1) is 5.49. The van der Waals surface area contributed by atoms with Gasteiger partial charge < -0.3 is 0 Å². The average Bonchev–Trinajstić information content (AvgIpc) is 2.15. The van der Waals surface area contributed by atoms with Crippen LogP contribution in [-0.2, 0) is 0 Å². The Bertz CT molecular complexity index is 112. The number of hydrogen-bond donors (Lipinski definition) is 0. The molecule has 0 saturated carbocycles. The van der Waals surface area contributed by atoms with Crippen LogP contribution in [0.15, 0.2) is 0 Å². The highest BCUT2D eigenvalue weighted by Gasteiger charge is 2.45. The van der Waals surface area contributed by atoms with E-state index in [-0.39, 0.29) is 0 Å². The minimum atomic E-state index is 0.453. The van der Waals surface area contributed by atoms with Crippen molar-refractivity contribution < 1.29 is 0 Å². The van der Waals surface area contributed by atoms with Gasteiger partial charge in [0.25, 0.3) is 0 Å². The Morgan fingerprint density at radius 2 is 0.750 bits per heavy atom. The van der Waals surface area contributed by atoms with Gasteiger partial charge in [-0.3, -0.25) is 0 Å². The lowest BCUT2D eigenvalue weighted by Crippen LogP contribution is -2.50. The van der Waals surface area contributed by atoms with Gasteiger partial charge in [-0.25, -0.2) is 0 Å². The molecule has 0 saturated heterocycles. The minimum Gasteiger partial charge on any atom is -0.0848 e. The number of hydrogen-bond acceptors (Lipinski definition) is 0. The lowest BCUT2D eigenvalue weighted by atomic mass is 10.0. The molecule has 0 spiro atoms. The van der Waals surface area contributed by atoms with E-state index in [1.165, 1.54) is 17.7 Å². The summed E-state index contributed by atoms with van der Waals surface area (Å²) in [6.07, 6.45) is 0. The summed E-state index contributed by atoms with van der Waals surface area (Å²) in [4.78, 5) is 0. The smallest absolute Gasteiger partial charge is 0.0560 e. The van der Waals surface area contributed by atoms with Gasteiger partial charge in [-0.1, -0.05) is 136 Å². The van der Waals surface area contributed by atoms with Crippen molar-refractivity contribution in [3.05, 3.63) is 0 Å². The third-order valence-electron chi connectivity index (χ3n) is 1.65. The second-order valence-corrected chi connectivity index (χ2v) is 9.65. The SMILES string of the molecule is ICC(I)(CI)C(I)(CI)CI. The Hall–Kier alpha value is 4.38. The van der Waals surface area contributed by atoms with Crippen LogP contribution < -0.4 is 0 Å². The zero-order valence-corrected chi connectivity index (χ0v) is 19.0. The van der Waals surface area contributed by atoms with Gasteiger partial charge in [-0.2, -0.15) is 0 Å². The van der Waals surface area contributed by atoms with E-state index in [2.05, 4.69) is 136 Å². The van der Waals surface area contributed by atoms with Crippen LogP contribution in [0.5, 0.6) is 0 Å². The van der Waals surface area contributed by atoms with Gasteiger partial charge in [-0.05, 0) is 0 Å². The molecule has 0 aliphatic carbocycles. The maximum atomic E-state index is 2.65. The maximum absolute atomic E-state index is 2.65. The highest BCUT2D eigenvalue weighted by molar-refractivity contribution is 14.1. The van der Waals surface area contributed by atoms with E-state index in [0.717, 1.165) is 0 Å². The van der Waals surface area contributed by atoms with E-state index >= 15 is 0 Å². The Labute approximate surface area is 156 Å². The van der Waals surface area contributed by atoms with Crippen molar-refractivity contribution in [1.29, 1.82) is 0 Å². The molecular weight excluding hydrogens is 833 g/mol. The van der Waals surface area contributed by atoms with E-state index < -0.39 is 0 Å². The molecule has 0 aliphatic heterocycles. The summed E-state index contributed by atoms with van der Waals surface area (Å²) < 4.78 is 5.86. The fourth-order valence-corrected chi connectivity index (χ4v) is 10.3. The molecule has 6 heteroatoms. The van der Waals surface area contributed by atoms with Crippen molar-refractivity contribution in [2.75, 3.05) is 17.7 Å². The number of alkyl halides is 6. The molecule has 0 nitrogen and oxygen atoms in total. The zero-order valence-electron chi connectivity index (χ0n) is 6.10. The van der Waals surface area contributed by atoms with E-state index in [4.69, 9.17) is 0 Å². The van der Waals surface area contributed by atoms with Crippen LogP contribution in [0.25, 0.3) is 0 Å². The summed E-state index contributed by atoms with van der Waals surface area (Å²) >= 11 is 15.4. The number of halogens is 6. The highest BCUT2D eigenvalue weighted by atomic mass is 127. The lowest BCUT2D eigenvalue weighted by molar-refractivity contribution is 0.665. The fourth-order valence-electron chi connectivity index (χ4n) is 0.550. The third-order valence-corrected chi connectivity index (χ3v) is 17.3. The predicted molar refractivity (Wildman–Crippen MR) is 109 cm³/mol. The molecule has 0 atom stereocenters. The lowest BCUT2D eigenvalue weighted by Gasteiger charge is -2.39. The van der Waals surface area contributed by atoms with Crippen molar-refractivity contribution in [2.45, 2.75) is 6.84 Å². The normalized spacial score (nSPS) is 13.5. The second-order valence-electron chi connectivity index (χ2n) is 2.47. The molecular formula is C6H8I6. The molecule has 0 unspecified atom stereocenters. The molecule has 0 aromatic carbocycles. The Balaban J connectivity index is 4.66. The van der Waals surface area contributed by atoms with E-state index in [1.54, 1.807) is 0 Å². The van der Waals surface area contributed by atoms with Crippen LogP contribution in [0.3, 0.4) is 0 Å². The quantitative estimate of drug-likeness (QED) is 0.268. The molecule has 0 N–H and O–H groups in total. The van der Waals surface area contributed by atoms with Gasteiger partial charge in [0.1, 0.15) is 0 Å². The monoisotopic (exact) mass is 841 g/mol. The van der Waals surface area contributed by atoms with Gasteiger partial charge in [0.15, 0.2) is 0 Å². The molecule has 0 radical (unpaired) electrons. The highest BCUT2D eigenvalue weighted by Crippen LogP contribution is 2.45. The molecule has 0 aromatic heterocycles. The van der Waals surface area contributed by atoms with Gasteiger partial charge in [0.05, 0.1) is 6.84 Å². The zero-order chi connectivity index (χ0) is 9.83. The van der Waals surface area contributed by atoms with E-state index in [0.29, 0.717) is 6.84 Å². The molecule has 0 aliphatic rings. The van der Waals surface area contributed by atoms with Gasteiger partial charge >= 0.3 is 0 Å². The van der Waals surface area contributed by atoms with Crippen molar-refractivity contribution in [2.24, 2.45) is 0 Å². The van der Waals surface area contributed by atoms with Crippen LogP contribution in [-0.4, -0.2) is 24.6 Å². The minimum absolute atomic E-state index is 0.453. The van der Waals surface area contributed by atoms with Crippen LogP contribution in [0.1, 0.15) is 0 Å². The topological polar surface area (TPSA) is 0 Å². The summed E-state index contributed by atoms with van der Waals surface area (Å²) in [7, 11) is 0. The molecule has 74 valence electrons. The van der Waals surface area contributed by atoms with Crippen molar-refractivity contribution in [3.63, 3.8) is 0 Å². The summed E-state index contributed by atoms with van der Waals surface area (Å²) in [5.41, 5.74) is 0. The second kappa shape index (κ2) is 7.66. The van der Waals surface area contributed by atoms with Crippen molar-refractivity contribution in [3.8, 4) is 0 Å². The molecule has 12 heavy (non-hydrogen) atoms. The first kappa shape index (κ1) is 16.4. The average molecular weight is 842 g/mol. The summed E-state index contributed by atoms with van der Waals surface area (Å²) in [5, 5.41) is 0. The first-order valence-electron chi connectivity index (χ1n) is 3.11. The molecule has 0 bridgehead atoms. The fraction of sp³-hybridized carbons (Fsp3) is 1.00. The standard InChI is InChI=1S/C6H8I6/c7-1-5(11,2-8)6(12,3-9)4-10/h1-4H2. The van der Waals surface area contributed by atoms with Crippen LogP contribution in [0.4, 0.5) is 0 Å². The molecule has 0 heterocycles. The van der Waals surface area contributed by atoms with Crippen LogP contribution in [0, 0.1) is 0 Å². The van der Waals surface area contributed by atoms with Gasteiger partial charge in [-0.15, -0.1) is 0 Å². The Morgan fingerprint density at radius 1 is 0.583 bits per heavy atom. The van der Waals surface area contributed by atoms with Gasteiger partial charge in [0.2, 0.25) is 0 Å². The number of rotatable bonds is 5. The summed E-state index contributed by atoms with van der Waals surface area (Å²) in [6.45, 7) is 0. The Morgan fingerprint density at radius 3 is 0.833 bits per heavy atom. The summed E-state index contributed by atoms with van der Waals surface area (Å²) in [5.74, 6) is 0. The van der Waals surface area contributed by atoms with Crippen molar-refractivity contribution in [1.82, 2.24) is 0 Å². The van der Waals surface area contributed by atoms with Crippen molar-refractivity contribution >= 4 is 136 Å². The maximum Gasteiger partial charge on any atom is 0.0560 e. The molecule has 0 amide bonds. The van der Waals surface area contributed by atoms with Crippen LogP contribution in [0.2, 0.25) is 0 Å². The Kier molecular flexibility index (Phi) is 10.5. The van der Waals surface area contributed by atoms with E-state index in [9.17, 15) is 0 Å². The summed E-state index contributed by atoms with van der Waals surface area (Å²) in [6, 6.07) is 0. The molecule has 0 fully saturated rings.